The Balaban J connectivity index is 1.33. The number of benzene rings is 1. The number of H-pyrrole nitrogens is 1. The molecule has 32 heavy (non-hydrogen) atoms. The van der Waals surface area contributed by atoms with Gasteiger partial charge in [0.1, 0.15) is 5.82 Å². The molecule has 166 valence electrons. The summed E-state index contributed by atoms with van der Waals surface area (Å²) in [5.41, 5.74) is 1.67. The van der Waals surface area contributed by atoms with Crippen molar-refractivity contribution < 1.29 is 18.7 Å². The molecule has 4 rings (SSSR count). The van der Waals surface area contributed by atoms with Crippen LogP contribution in [0, 0.1) is 5.82 Å². The lowest BCUT2D eigenvalue weighted by Crippen LogP contribution is -2.38. The van der Waals surface area contributed by atoms with Gasteiger partial charge in [-0.15, -0.1) is 0 Å². The Morgan fingerprint density at radius 3 is 2.69 bits per heavy atom. The zero-order chi connectivity index (χ0) is 22.5. The zero-order valence-electron chi connectivity index (χ0n) is 17.7. The van der Waals surface area contributed by atoms with Crippen molar-refractivity contribution in [3.63, 3.8) is 0 Å². The Bertz CT molecular complexity index is 1090. The number of piperidine rings is 1. The summed E-state index contributed by atoms with van der Waals surface area (Å²) >= 11 is 0. The van der Waals surface area contributed by atoms with Crippen molar-refractivity contribution in [2.75, 3.05) is 25.0 Å². The highest BCUT2D eigenvalue weighted by Crippen LogP contribution is 2.28. The van der Waals surface area contributed by atoms with Gasteiger partial charge in [0.15, 0.2) is 5.69 Å². The van der Waals surface area contributed by atoms with E-state index in [2.05, 4.69) is 20.5 Å². The van der Waals surface area contributed by atoms with Crippen LogP contribution >= 0.6 is 0 Å². The van der Waals surface area contributed by atoms with E-state index in [9.17, 15) is 14.0 Å². The molecule has 1 saturated heterocycles. The quantitative estimate of drug-likeness (QED) is 0.614. The predicted molar refractivity (Wildman–Crippen MR) is 116 cm³/mol. The highest BCUT2D eigenvalue weighted by atomic mass is 19.1. The molecule has 0 radical (unpaired) electrons. The number of para-hydroxylation sites is 1. The molecule has 1 aliphatic rings. The van der Waals surface area contributed by atoms with E-state index in [0.717, 1.165) is 18.5 Å². The summed E-state index contributed by atoms with van der Waals surface area (Å²) in [5, 5.41) is 9.53. The minimum Gasteiger partial charge on any atom is -0.478 e. The smallest absolute Gasteiger partial charge is 0.276 e. The average molecular weight is 437 g/mol. The number of likely N-dealkylation sites (tertiary alicyclic amines) is 1. The number of nitrogens with zero attached hydrogens (tertiary/aromatic N) is 3. The van der Waals surface area contributed by atoms with Gasteiger partial charge in [0, 0.05) is 37.0 Å². The van der Waals surface area contributed by atoms with Crippen LogP contribution in [-0.2, 0) is 0 Å². The van der Waals surface area contributed by atoms with Gasteiger partial charge in [0.05, 0.1) is 17.9 Å². The number of aromatic amines is 1. The second-order valence-corrected chi connectivity index (χ2v) is 7.53. The molecule has 1 fully saturated rings. The van der Waals surface area contributed by atoms with Gasteiger partial charge in [0.25, 0.3) is 11.8 Å². The third kappa shape index (κ3) is 4.77. The zero-order valence-corrected chi connectivity index (χ0v) is 17.7. The lowest BCUT2D eigenvalue weighted by Gasteiger charge is -2.31. The van der Waals surface area contributed by atoms with Crippen molar-refractivity contribution in [2.24, 2.45) is 0 Å². The fraction of sp³-hybridized carbons (Fsp3) is 0.304. The number of pyridine rings is 1. The number of hydrogen-bond acceptors (Lipinski definition) is 5. The van der Waals surface area contributed by atoms with Crippen molar-refractivity contribution in [1.29, 1.82) is 0 Å². The van der Waals surface area contributed by atoms with Gasteiger partial charge in [-0.25, -0.2) is 9.37 Å². The second-order valence-electron chi connectivity index (χ2n) is 7.53. The average Bonchev–Trinajstić information content (AvgIpc) is 3.32. The van der Waals surface area contributed by atoms with Crippen LogP contribution in [0.2, 0.25) is 0 Å². The fourth-order valence-corrected chi connectivity index (χ4v) is 3.73. The summed E-state index contributed by atoms with van der Waals surface area (Å²) in [6.07, 6.45) is 3.02. The summed E-state index contributed by atoms with van der Waals surface area (Å²) in [4.78, 5) is 31.1. The number of nitrogens with one attached hydrogen (secondary N) is 2. The number of anilines is 1. The number of hydrogen-bond donors (Lipinski definition) is 2. The van der Waals surface area contributed by atoms with E-state index in [4.69, 9.17) is 4.74 Å². The first-order valence-electron chi connectivity index (χ1n) is 10.5. The molecule has 3 heterocycles. The van der Waals surface area contributed by atoms with Crippen LogP contribution in [0.5, 0.6) is 5.88 Å². The summed E-state index contributed by atoms with van der Waals surface area (Å²) in [6, 6.07) is 11.1. The topological polar surface area (TPSA) is 100 Å². The molecule has 0 unspecified atom stereocenters. The van der Waals surface area contributed by atoms with Crippen LogP contribution < -0.4 is 10.1 Å². The number of aromatic nitrogens is 3. The van der Waals surface area contributed by atoms with Crippen molar-refractivity contribution in [3.8, 4) is 5.88 Å². The molecule has 0 spiro atoms. The van der Waals surface area contributed by atoms with Crippen molar-refractivity contribution >= 4 is 17.5 Å². The van der Waals surface area contributed by atoms with Crippen molar-refractivity contribution in [2.45, 2.75) is 25.7 Å². The fourth-order valence-electron chi connectivity index (χ4n) is 3.73. The molecule has 0 atom stereocenters. The molecule has 2 N–H and O–H groups in total. The highest BCUT2D eigenvalue weighted by Gasteiger charge is 2.26. The summed E-state index contributed by atoms with van der Waals surface area (Å²) < 4.78 is 19.1. The largest absolute Gasteiger partial charge is 0.478 e. The first-order chi connectivity index (χ1) is 15.5. The lowest BCUT2D eigenvalue weighted by molar-refractivity contribution is 0.0711. The minimum atomic E-state index is -0.503. The van der Waals surface area contributed by atoms with Gasteiger partial charge in [0.2, 0.25) is 5.88 Å². The van der Waals surface area contributed by atoms with Gasteiger partial charge in [-0.3, -0.25) is 14.7 Å². The number of ether oxygens (including phenoxy) is 1. The summed E-state index contributed by atoms with van der Waals surface area (Å²) in [5.74, 6) is -0.394. The first kappa shape index (κ1) is 21.5. The molecule has 9 heteroatoms. The second kappa shape index (κ2) is 9.59. The van der Waals surface area contributed by atoms with Crippen LogP contribution in [0.15, 0.2) is 48.7 Å². The predicted octanol–water partition coefficient (Wildman–Crippen LogP) is 3.61. The van der Waals surface area contributed by atoms with Gasteiger partial charge in [-0.2, -0.15) is 5.10 Å². The molecule has 3 aromatic rings. The van der Waals surface area contributed by atoms with E-state index in [-0.39, 0.29) is 23.2 Å². The highest BCUT2D eigenvalue weighted by molar-refractivity contribution is 6.03. The number of amides is 2. The van der Waals surface area contributed by atoms with E-state index in [1.54, 1.807) is 35.2 Å². The molecule has 8 nitrogen and oxygen atoms in total. The minimum absolute atomic E-state index is 0.0615. The van der Waals surface area contributed by atoms with Crippen LogP contribution in [-0.4, -0.2) is 51.6 Å². The third-order valence-corrected chi connectivity index (χ3v) is 5.45. The molecular formula is C23H24FN5O3. The Hall–Kier alpha value is -3.75. The van der Waals surface area contributed by atoms with E-state index >= 15 is 0 Å². The first-order valence-corrected chi connectivity index (χ1v) is 10.5. The molecule has 0 bridgehead atoms. The van der Waals surface area contributed by atoms with E-state index in [0.29, 0.717) is 31.1 Å². The number of carbonyl (C=O) groups excluding carboxylic acids is 2. The number of halogens is 1. The van der Waals surface area contributed by atoms with Crippen LogP contribution in [0.1, 0.15) is 52.2 Å². The molecule has 0 saturated carbocycles. The Kier molecular flexibility index (Phi) is 6.44. The molecular weight excluding hydrogens is 413 g/mol. The van der Waals surface area contributed by atoms with E-state index in [1.165, 1.54) is 18.3 Å². The van der Waals surface area contributed by atoms with Gasteiger partial charge < -0.3 is 15.0 Å². The standard InChI is InChI=1S/C23H24FN5O3/c1-2-32-21-8-7-16(14-25-21)23(31)29-11-9-15(10-12-29)19-13-20(28-27-19)22(30)26-18-6-4-3-5-17(18)24/h3-8,13-15H,2,9-12H2,1H3,(H,26,30)(H,27,28). The Morgan fingerprint density at radius 1 is 1.22 bits per heavy atom. The van der Waals surface area contributed by atoms with E-state index in [1.807, 2.05) is 6.92 Å². The van der Waals surface area contributed by atoms with Crippen molar-refractivity contribution in [3.05, 3.63) is 71.4 Å². The maximum absolute atomic E-state index is 13.8. The van der Waals surface area contributed by atoms with Gasteiger partial charge in [-0.05, 0) is 44.0 Å². The van der Waals surface area contributed by atoms with Gasteiger partial charge in [-0.1, -0.05) is 12.1 Å². The van der Waals surface area contributed by atoms with Crippen molar-refractivity contribution in [1.82, 2.24) is 20.1 Å². The molecule has 1 aliphatic heterocycles. The van der Waals surface area contributed by atoms with Gasteiger partial charge >= 0.3 is 0 Å². The normalized spacial score (nSPS) is 14.2. The Labute approximate surface area is 184 Å². The number of carbonyl (C=O) groups is 2. The summed E-state index contributed by atoms with van der Waals surface area (Å²) in [7, 11) is 0. The molecule has 0 aliphatic carbocycles. The lowest BCUT2D eigenvalue weighted by atomic mass is 9.93. The maximum Gasteiger partial charge on any atom is 0.276 e. The van der Waals surface area contributed by atoms with Crippen LogP contribution in [0.4, 0.5) is 10.1 Å². The summed E-state index contributed by atoms with van der Waals surface area (Å²) in [6.45, 7) is 3.58. The number of rotatable bonds is 6. The van der Waals surface area contributed by atoms with E-state index < -0.39 is 11.7 Å². The monoisotopic (exact) mass is 437 g/mol. The maximum atomic E-state index is 13.8. The Morgan fingerprint density at radius 2 is 2.00 bits per heavy atom. The van der Waals surface area contributed by atoms with Crippen LogP contribution in [0.3, 0.4) is 0 Å². The SMILES string of the molecule is CCOc1ccc(C(=O)N2CCC(c3cc(C(=O)Nc4ccccc4F)n[nH]3)CC2)cn1. The van der Waals surface area contributed by atoms with Crippen LogP contribution in [0.25, 0.3) is 0 Å². The molecule has 2 aromatic heterocycles. The third-order valence-electron chi connectivity index (χ3n) is 5.45. The molecule has 1 aromatic carbocycles. The molecule has 2 amide bonds.